The van der Waals surface area contributed by atoms with Gasteiger partial charge in [-0.3, -0.25) is 0 Å². The van der Waals surface area contributed by atoms with E-state index in [1.165, 1.54) is 11.3 Å². The maximum Gasteiger partial charge on any atom is 0.166 e. The Bertz CT molecular complexity index is 1340. The Morgan fingerprint density at radius 1 is 1.06 bits per heavy atom. The molecule has 0 spiro atoms. The van der Waals surface area contributed by atoms with Crippen molar-refractivity contribution in [1.82, 2.24) is 9.97 Å². The maximum atomic E-state index is 9.81. The number of nitrogens with two attached hydrogens (primary N) is 1. The number of pyridine rings is 1. The van der Waals surface area contributed by atoms with Gasteiger partial charge in [-0.2, -0.15) is 0 Å². The van der Waals surface area contributed by atoms with E-state index in [1.807, 2.05) is 60.7 Å². The molecule has 0 bridgehead atoms. The molecule has 0 amide bonds. The highest BCUT2D eigenvalue weighted by molar-refractivity contribution is 7.15. The van der Waals surface area contributed by atoms with E-state index in [1.54, 1.807) is 26.2 Å². The lowest BCUT2D eigenvalue weighted by atomic mass is 10.1. The van der Waals surface area contributed by atoms with Crippen LogP contribution in [0.2, 0.25) is 0 Å². The summed E-state index contributed by atoms with van der Waals surface area (Å²) in [6, 6.07) is 19.1. The van der Waals surface area contributed by atoms with Crippen LogP contribution in [0.25, 0.3) is 10.4 Å². The van der Waals surface area contributed by atoms with Gasteiger partial charge in [-0.15, -0.1) is 11.3 Å². The number of hydrogen-bond acceptors (Lipinski definition) is 6. The van der Waals surface area contributed by atoms with Crippen LogP contribution in [0, 0.1) is 11.8 Å². The first kappa shape index (κ1) is 21.2. The minimum Gasteiger partial charge on any atom is -0.485 e. The Morgan fingerprint density at radius 3 is 2.64 bits per heavy atom. The van der Waals surface area contributed by atoms with Crippen LogP contribution in [0.4, 0.5) is 5.82 Å². The van der Waals surface area contributed by atoms with Gasteiger partial charge in [0.05, 0.1) is 9.88 Å². The van der Waals surface area contributed by atoms with Crippen LogP contribution in [0.5, 0.6) is 5.75 Å². The fraction of sp³-hybridized carbons (Fsp3) is 0.185. The third-order valence-corrected chi connectivity index (χ3v) is 5.61. The van der Waals surface area contributed by atoms with Crippen molar-refractivity contribution in [3.05, 3.63) is 94.8 Å². The molecule has 0 aliphatic heterocycles. The smallest absolute Gasteiger partial charge is 0.166 e. The monoisotopic (exact) mass is 456 g/mol. The van der Waals surface area contributed by atoms with Gasteiger partial charge in [0.1, 0.15) is 12.2 Å². The molecule has 1 atom stereocenters. The van der Waals surface area contributed by atoms with Crippen molar-refractivity contribution in [2.45, 2.75) is 32.5 Å². The van der Waals surface area contributed by atoms with Crippen LogP contribution >= 0.6 is 11.3 Å². The zero-order chi connectivity index (χ0) is 24.1. The van der Waals surface area contributed by atoms with E-state index in [9.17, 15) is 5.11 Å². The molecule has 6 heteroatoms. The SMILES string of the molecule is [2H]C(c1ccccc1)c1ncc(-c2cnc(N)c(OCc3cccc(C#CC(C)(C)O)c3)c2)s1. The molecule has 2 aromatic heterocycles. The van der Waals surface area contributed by atoms with Crippen molar-refractivity contribution in [2.24, 2.45) is 0 Å². The Kier molecular flexibility index (Phi) is 6.34. The molecule has 2 heterocycles. The van der Waals surface area contributed by atoms with Gasteiger partial charge in [-0.05, 0) is 43.2 Å². The summed E-state index contributed by atoms with van der Waals surface area (Å²) in [7, 11) is 0. The van der Waals surface area contributed by atoms with E-state index in [2.05, 4.69) is 21.8 Å². The number of anilines is 1. The van der Waals surface area contributed by atoms with Crippen LogP contribution in [-0.2, 0) is 13.0 Å². The second kappa shape index (κ2) is 9.86. The van der Waals surface area contributed by atoms with Crippen molar-refractivity contribution >= 4 is 17.2 Å². The second-order valence-corrected chi connectivity index (χ2v) is 9.09. The highest BCUT2D eigenvalue weighted by Crippen LogP contribution is 2.31. The fourth-order valence-corrected chi connectivity index (χ4v) is 3.87. The number of hydrogen-bond donors (Lipinski definition) is 2. The van der Waals surface area contributed by atoms with Gasteiger partial charge >= 0.3 is 0 Å². The lowest BCUT2D eigenvalue weighted by molar-refractivity contribution is 0.143. The number of aliphatic hydroxyl groups is 1. The molecule has 166 valence electrons. The van der Waals surface area contributed by atoms with E-state index in [4.69, 9.17) is 11.8 Å². The third-order valence-electron chi connectivity index (χ3n) is 4.61. The van der Waals surface area contributed by atoms with Gasteiger partial charge < -0.3 is 15.6 Å². The van der Waals surface area contributed by atoms with Gasteiger partial charge in [-0.1, -0.05) is 54.3 Å². The Balaban J connectivity index is 1.49. The largest absolute Gasteiger partial charge is 0.485 e. The predicted molar refractivity (Wildman–Crippen MR) is 133 cm³/mol. The molecule has 0 fully saturated rings. The van der Waals surface area contributed by atoms with Crippen molar-refractivity contribution in [1.29, 1.82) is 0 Å². The summed E-state index contributed by atoms with van der Waals surface area (Å²) in [5.74, 6) is 6.56. The van der Waals surface area contributed by atoms with Crippen LogP contribution in [0.15, 0.2) is 73.1 Å². The summed E-state index contributed by atoms with van der Waals surface area (Å²) in [5, 5.41) is 10.5. The van der Waals surface area contributed by atoms with Crippen molar-refractivity contribution in [2.75, 3.05) is 5.73 Å². The van der Waals surface area contributed by atoms with E-state index >= 15 is 0 Å². The molecule has 5 nitrogen and oxygen atoms in total. The average molecular weight is 457 g/mol. The van der Waals surface area contributed by atoms with Crippen molar-refractivity contribution < 1.29 is 11.2 Å². The van der Waals surface area contributed by atoms with Gasteiger partial charge in [0.2, 0.25) is 0 Å². The first-order valence-corrected chi connectivity index (χ1v) is 11.3. The van der Waals surface area contributed by atoms with Crippen LogP contribution < -0.4 is 10.5 Å². The molecule has 4 aromatic rings. The van der Waals surface area contributed by atoms with E-state index in [0.717, 1.165) is 27.1 Å². The second-order valence-electron chi connectivity index (χ2n) is 8.02. The molecule has 3 N–H and O–H groups in total. The molecule has 0 aliphatic carbocycles. The maximum absolute atomic E-state index is 9.81. The number of ether oxygens (including phenoxy) is 1. The molecule has 1 unspecified atom stereocenters. The number of aromatic nitrogens is 2. The lowest BCUT2D eigenvalue weighted by Crippen LogP contribution is -2.14. The van der Waals surface area contributed by atoms with Gasteiger partial charge in [-0.25, -0.2) is 9.97 Å². The van der Waals surface area contributed by atoms with Gasteiger partial charge in [0, 0.05) is 31.3 Å². The first-order valence-electron chi connectivity index (χ1n) is 11.0. The zero-order valence-corrected chi connectivity index (χ0v) is 19.3. The zero-order valence-electron chi connectivity index (χ0n) is 19.4. The molecule has 0 saturated heterocycles. The molecule has 33 heavy (non-hydrogen) atoms. The fourth-order valence-electron chi connectivity index (χ4n) is 3.01. The summed E-state index contributed by atoms with van der Waals surface area (Å²) >= 11 is 1.46. The summed E-state index contributed by atoms with van der Waals surface area (Å²) in [6.07, 6.45) is 2.91. The number of nitrogen functional groups attached to an aromatic ring is 1. The van der Waals surface area contributed by atoms with Crippen LogP contribution in [-0.4, -0.2) is 20.7 Å². The molecule has 0 saturated carbocycles. The lowest BCUT2D eigenvalue weighted by Gasteiger charge is -2.10. The van der Waals surface area contributed by atoms with E-state index in [0.29, 0.717) is 23.2 Å². The number of nitrogens with zero attached hydrogens (tertiary/aromatic N) is 2. The summed E-state index contributed by atoms with van der Waals surface area (Å²) in [6.45, 7) is 3.59. The normalized spacial score (nSPS) is 12.4. The molecule has 4 rings (SSSR count). The highest BCUT2D eigenvalue weighted by Gasteiger charge is 2.10. The Hall–Kier alpha value is -3.66. The highest BCUT2D eigenvalue weighted by atomic mass is 32.1. The first-order chi connectivity index (χ1) is 16.3. The van der Waals surface area contributed by atoms with Crippen molar-refractivity contribution in [3.8, 4) is 28.0 Å². The predicted octanol–water partition coefficient (Wildman–Crippen LogP) is 5.08. The summed E-state index contributed by atoms with van der Waals surface area (Å²) < 4.78 is 14.5. The number of rotatable bonds is 6. The quantitative estimate of drug-likeness (QED) is 0.396. The number of benzene rings is 2. The van der Waals surface area contributed by atoms with Crippen LogP contribution in [0.1, 0.15) is 36.9 Å². The van der Waals surface area contributed by atoms with Gasteiger partial charge in [0.25, 0.3) is 0 Å². The minimum absolute atomic E-state index is 0.296. The minimum atomic E-state index is -1.05. The van der Waals surface area contributed by atoms with Crippen molar-refractivity contribution in [3.63, 3.8) is 0 Å². The average Bonchev–Trinajstić information content (AvgIpc) is 3.32. The van der Waals surface area contributed by atoms with Crippen LogP contribution in [0.3, 0.4) is 0 Å². The molecular weight excluding hydrogens is 430 g/mol. The molecule has 0 aliphatic rings. The van der Waals surface area contributed by atoms with E-state index < -0.39 is 12.0 Å². The molecule has 0 radical (unpaired) electrons. The summed E-state index contributed by atoms with van der Waals surface area (Å²) in [4.78, 5) is 9.64. The number of thiazole rings is 1. The Labute approximate surface area is 199 Å². The van der Waals surface area contributed by atoms with Gasteiger partial charge in [0.15, 0.2) is 11.6 Å². The molecular formula is C27H25N3O2S. The van der Waals surface area contributed by atoms with E-state index in [-0.39, 0.29) is 0 Å². The molecule has 2 aromatic carbocycles. The standard InChI is InChI=1S/C27H25N3O2S/c1-27(2,31)12-11-20-9-6-10-21(13-20)18-32-23-15-22(16-30-26(23)28)24-17-29-25(33-24)14-19-7-4-3-5-8-19/h3-10,13,15-17,31H,14,18H2,1-2H3,(H2,28,30)/i14D. The summed E-state index contributed by atoms with van der Waals surface area (Å²) in [5.41, 5.74) is 8.46. The Morgan fingerprint density at radius 2 is 1.85 bits per heavy atom. The third kappa shape index (κ3) is 6.42. The topological polar surface area (TPSA) is 81.3 Å².